The third kappa shape index (κ3) is 3.74. The van der Waals surface area contributed by atoms with Gasteiger partial charge in [-0.05, 0) is 37.3 Å². The lowest BCUT2D eigenvalue weighted by Gasteiger charge is -2.08. The maximum absolute atomic E-state index is 12.8. The van der Waals surface area contributed by atoms with Gasteiger partial charge in [0, 0.05) is 5.69 Å². The summed E-state index contributed by atoms with van der Waals surface area (Å²) in [6.07, 6.45) is 0. The third-order valence-electron chi connectivity index (χ3n) is 3.00. The normalized spacial score (nSPS) is 12.0. The highest BCUT2D eigenvalue weighted by molar-refractivity contribution is 7.92. The highest BCUT2D eigenvalue weighted by Gasteiger charge is 2.22. The molecule has 0 aliphatic rings. The summed E-state index contributed by atoms with van der Waals surface area (Å²) in [6, 6.07) is 4.92. The first kappa shape index (κ1) is 17.9. The average molecular weight is 376 g/mol. The lowest BCUT2D eigenvalue weighted by molar-refractivity contribution is 0.0596. The number of aromatic amines is 1. The molecule has 0 aliphatic heterocycles. The van der Waals surface area contributed by atoms with Gasteiger partial charge in [0.25, 0.3) is 10.0 Å². The highest BCUT2D eigenvalue weighted by Crippen LogP contribution is 2.23. The minimum atomic E-state index is -4.92. The molecular weight excluding hydrogens is 363 g/mol. The average Bonchev–Trinajstić information content (AvgIpc) is 2.85. The van der Waals surface area contributed by atoms with Crippen molar-refractivity contribution >= 4 is 31.9 Å². The van der Waals surface area contributed by atoms with Gasteiger partial charge < -0.3 is 9.72 Å². The number of hydrogen-bond donors (Lipinski definition) is 2. The van der Waals surface area contributed by atoms with E-state index in [0.29, 0.717) is 5.69 Å². The molecule has 130 valence electrons. The summed E-state index contributed by atoms with van der Waals surface area (Å²) >= 11 is 0. The lowest BCUT2D eigenvalue weighted by Crippen LogP contribution is -2.15. The number of benzene rings is 1. The number of hydrogen-bond acceptors (Lipinski definition) is 6. The van der Waals surface area contributed by atoms with Gasteiger partial charge in [0.1, 0.15) is 5.69 Å². The molecule has 0 bridgehead atoms. The van der Waals surface area contributed by atoms with E-state index in [2.05, 4.69) is 14.4 Å². The van der Waals surface area contributed by atoms with Crippen molar-refractivity contribution in [3.63, 3.8) is 0 Å². The molecule has 0 saturated carbocycles. The second-order valence-electron chi connectivity index (χ2n) is 4.75. The SMILES string of the molecule is COC(=O)c1[nH]c(C)cc1NS(=O)(=O)c1ccc(S(=O)(=O)F)cc1. The first-order valence-electron chi connectivity index (χ1n) is 6.40. The smallest absolute Gasteiger partial charge is 0.356 e. The van der Waals surface area contributed by atoms with E-state index in [1.807, 2.05) is 0 Å². The molecule has 0 fully saturated rings. The van der Waals surface area contributed by atoms with Crippen molar-refractivity contribution in [3.05, 3.63) is 41.7 Å². The highest BCUT2D eigenvalue weighted by atomic mass is 32.3. The quantitative estimate of drug-likeness (QED) is 0.603. The number of halogens is 1. The zero-order valence-electron chi connectivity index (χ0n) is 12.5. The Labute approximate surface area is 137 Å². The molecule has 0 amide bonds. The van der Waals surface area contributed by atoms with Crippen LogP contribution in [0.25, 0.3) is 0 Å². The van der Waals surface area contributed by atoms with E-state index in [4.69, 9.17) is 0 Å². The van der Waals surface area contributed by atoms with Crippen molar-refractivity contribution in [2.75, 3.05) is 11.8 Å². The van der Waals surface area contributed by atoms with Gasteiger partial charge in [-0.2, -0.15) is 8.42 Å². The Balaban J connectivity index is 2.37. The van der Waals surface area contributed by atoms with Crippen LogP contribution in [0.3, 0.4) is 0 Å². The van der Waals surface area contributed by atoms with Crippen LogP contribution in [0.5, 0.6) is 0 Å². The summed E-state index contributed by atoms with van der Waals surface area (Å²) in [5, 5.41) is 0. The Morgan fingerprint density at radius 3 is 2.17 bits per heavy atom. The topological polar surface area (TPSA) is 122 Å². The van der Waals surface area contributed by atoms with Gasteiger partial charge in [-0.25, -0.2) is 13.2 Å². The van der Waals surface area contributed by atoms with E-state index in [0.717, 1.165) is 31.4 Å². The number of H-pyrrole nitrogens is 1. The molecule has 0 radical (unpaired) electrons. The third-order valence-corrected chi connectivity index (χ3v) is 5.22. The van der Waals surface area contributed by atoms with Crippen molar-refractivity contribution < 1.29 is 30.3 Å². The van der Waals surface area contributed by atoms with Gasteiger partial charge in [-0.15, -0.1) is 3.89 Å². The number of ether oxygens (including phenoxy) is 1. The number of anilines is 1. The largest absolute Gasteiger partial charge is 0.464 e. The van der Waals surface area contributed by atoms with Crippen LogP contribution >= 0.6 is 0 Å². The van der Waals surface area contributed by atoms with E-state index in [9.17, 15) is 25.5 Å². The van der Waals surface area contributed by atoms with E-state index in [1.165, 1.54) is 6.07 Å². The molecule has 0 unspecified atom stereocenters. The second kappa shape index (κ2) is 6.24. The van der Waals surface area contributed by atoms with Crippen molar-refractivity contribution in [1.29, 1.82) is 0 Å². The Hall–Kier alpha value is -2.40. The number of aromatic nitrogens is 1. The summed E-state index contributed by atoms with van der Waals surface area (Å²) in [7, 11) is -7.90. The van der Waals surface area contributed by atoms with Gasteiger partial charge in [0.2, 0.25) is 0 Å². The van der Waals surface area contributed by atoms with Gasteiger partial charge >= 0.3 is 16.2 Å². The summed E-state index contributed by atoms with van der Waals surface area (Å²) < 4.78 is 65.7. The summed E-state index contributed by atoms with van der Waals surface area (Å²) in [5.41, 5.74) is 0.412. The molecule has 0 spiro atoms. The minimum Gasteiger partial charge on any atom is -0.464 e. The van der Waals surface area contributed by atoms with Crippen LogP contribution in [0, 0.1) is 6.92 Å². The van der Waals surface area contributed by atoms with Crippen molar-refractivity contribution in [2.24, 2.45) is 0 Å². The predicted molar refractivity (Wildman–Crippen MR) is 82.4 cm³/mol. The van der Waals surface area contributed by atoms with Gasteiger partial charge in [-0.1, -0.05) is 0 Å². The van der Waals surface area contributed by atoms with Crippen LogP contribution in [0.1, 0.15) is 16.2 Å². The van der Waals surface area contributed by atoms with Crippen molar-refractivity contribution in [3.8, 4) is 0 Å². The molecule has 2 rings (SSSR count). The van der Waals surface area contributed by atoms with Crippen LogP contribution < -0.4 is 4.72 Å². The minimum absolute atomic E-state index is 0.0264. The van der Waals surface area contributed by atoms with Gasteiger partial charge in [0.05, 0.1) is 22.6 Å². The maximum Gasteiger partial charge on any atom is 0.356 e. The molecule has 0 atom stereocenters. The summed E-state index contributed by atoms with van der Waals surface area (Å²) in [6.45, 7) is 1.62. The predicted octanol–water partition coefficient (Wildman–Crippen LogP) is 1.57. The summed E-state index contributed by atoms with van der Waals surface area (Å²) in [4.78, 5) is 13.3. The number of rotatable bonds is 5. The number of sulfonamides is 1. The molecule has 1 aromatic heterocycles. The Kier molecular flexibility index (Phi) is 4.67. The van der Waals surface area contributed by atoms with E-state index in [-0.39, 0.29) is 16.3 Å². The Morgan fingerprint density at radius 2 is 1.67 bits per heavy atom. The monoisotopic (exact) mass is 376 g/mol. The number of methoxy groups -OCH3 is 1. The molecule has 2 N–H and O–H groups in total. The number of esters is 1. The van der Waals surface area contributed by atoms with Crippen molar-refractivity contribution in [1.82, 2.24) is 4.98 Å². The molecule has 24 heavy (non-hydrogen) atoms. The molecule has 1 aromatic carbocycles. The molecular formula is C13H13FN2O6S2. The van der Waals surface area contributed by atoms with E-state index >= 15 is 0 Å². The molecule has 1 heterocycles. The first-order chi connectivity index (χ1) is 11.0. The number of carbonyl (C=O) groups is 1. The molecule has 2 aromatic rings. The Morgan fingerprint density at radius 1 is 1.12 bits per heavy atom. The zero-order valence-corrected chi connectivity index (χ0v) is 14.2. The second-order valence-corrected chi connectivity index (χ2v) is 7.78. The number of nitrogens with one attached hydrogen (secondary N) is 2. The van der Waals surface area contributed by atoms with Crippen LogP contribution in [0.15, 0.2) is 40.1 Å². The van der Waals surface area contributed by atoms with Crippen LogP contribution in [0.2, 0.25) is 0 Å². The van der Waals surface area contributed by atoms with Gasteiger partial charge in [-0.3, -0.25) is 4.72 Å². The fourth-order valence-corrected chi connectivity index (χ4v) is 3.44. The number of carbonyl (C=O) groups excluding carboxylic acids is 1. The molecule has 0 saturated heterocycles. The number of aryl methyl sites for hydroxylation is 1. The lowest BCUT2D eigenvalue weighted by atomic mass is 10.4. The van der Waals surface area contributed by atoms with Crippen LogP contribution in [-0.4, -0.2) is 34.9 Å². The van der Waals surface area contributed by atoms with Crippen LogP contribution in [-0.2, 0) is 25.0 Å². The molecule has 0 aliphatic carbocycles. The molecule has 8 nitrogen and oxygen atoms in total. The first-order valence-corrected chi connectivity index (χ1v) is 9.27. The Bertz CT molecular complexity index is 978. The zero-order chi connectivity index (χ0) is 18.1. The van der Waals surface area contributed by atoms with Gasteiger partial charge in [0.15, 0.2) is 0 Å². The fraction of sp³-hybridized carbons (Fsp3) is 0.154. The summed E-state index contributed by atoms with van der Waals surface area (Å²) in [5.74, 6) is -0.764. The van der Waals surface area contributed by atoms with E-state index in [1.54, 1.807) is 6.92 Å². The van der Waals surface area contributed by atoms with Crippen molar-refractivity contribution in [2.45, 2.75) is 16.7 Å². The maximum atomic E-state index is 12.8. The fourth-order valence-electron chi connectivity index (χ4n) is 1.92. The standard InChI is InChI=1S/C13H13FN2O6S2/c1-8-7-11(12(15-8)13(17)22-2)16-24(20,21)10-5-3-9(4-6-10)23(14,18)19/h3-7,15-16H,1-2H3. The molecule has 11 heteroatoms. The van der Waals surface area contributed by atoms with Crippen LogP contribution in [0.4, 0.5) is 9.57 Å². The van der Waals surface area contributed by atoms with E-state index < -0.39 is 31.1 Å².